The van der Waals surface area contributed by atoms with Crippen molar-refractivity contribution in [3.8, 4) is 0 Å². The number of anilines is 1. The molecule has 1 aliphatic rings. The summed E-state index contributed by atoms with van der Waals surface area (Å²) < 4.78 is 5.49. The third kappa shape index (κ3) is 4.11. The minimum absolute atomic E-state index is 0.271. The maximum Gasteiger partial charge on any atom is 0.172 e. The number of pyridine rings is 1. The maximum absolute atomic E-state index is 5.74. The minimum Gasteiger partial charge on any atom is -0.376 e. The number of ether oxygens (including phenoxy) is 1. The Hall–Kier alpha value is -0.910. The van der Waals surface area contributed by atoms with E-state index in [-0.39, 0.29) is 6.10 Å². The summed E-state index contributed by atoms with van der Waals surface area (Å²) >= 11 is 10.9. The van der Waals surface area contributed by atoms with Crippen LogP contribution in [-0.4, -0.2) is 29.4 Å². The van der Waals surface area contributed by atoms with Crippen LogP contribution >= 0.6 is 23.8 Å². The van der Waals surface area contributed by atoms with Gasteiger partial charge in [0.15, 0.2) is 5.11 Å². The van der Waals surface area contributed by atoms with Crippen LogP contribution in [-0.2, 0) is 4.74 Å². The van der Waals surface area contributed by atoms with Crippen LogP contribution in [0.25, 0.3) is 0 Å². The van der Waals surface area contributed by atoms with Gasteiger partial charge in [0.2, 0.25) is 0 Å². The molecule has 0 aromatic carbocycles. The highest BCUT2D eigenvalue weighted by Crippen LogP contribution is 2.11. The van der Waals surface area contributed by atoms with Gasteiger partial charge in [-0.05, 0) is 37.2 Å². The van der Waals surface area contributed by atoms with Gasteiger partial charge in [0.1, 0.15) is 5.82 Å². The molecular weight excluding hydrogens is 258 g/mol. The number of hydrogen-bond acceptors (Lipinski definition) is 3. The van der Waals surface area contributed by atoms with Gasteiger partial charge in [-0.15, -0.1) is 0 Å². The number of thiocarbonyl (C=S) groups is 1. The third-order valence-electron chi connectivity index (χ3n) is 2.48. The molecule has 0 spiro atoms. The van der Waals surface area contributed by atoms with Gasteiger partial charge in [-0.3, -0.25) is 0 Å². The van der Waals surface area contributed by atoms with E-state index in [0.29, 0.717) is 16.0 Å². The van der Waals surface area contributed by atoms with Gasteiger partial charge < -0.3 is 15.4 Å². The largest absolute Gasteiger partial charge is 0.376 e. The van der Waals surface area contributed by atoms with E-state index in [0.717, 1.165) is 26.0 Å². The second-order valence-corrected chi connectivity index (χ2v) is 4.68. The molecule has 2 rings (SSSR count). The second-order valence-electron chi connectivity index (χ2n) is 3.83. The summed E-state index contributed by atoms with van der Waals surface area (Å²) in [5, 5.41) is 7.25. The van der Waals surface area contributed by atoms with Crippen molar-refractivity contribution in [3.05, 3.63) is 23.4 Å². The molecule has 0 bridgehead atoms. The van der Waals surface area contributed by atoms with Crippen molar-refractivity contribution >= 4 is 34.7 Å². The quantitative estimate of drug-likeness (QED) is 0.826. The zero-order valence-corrected chi connectivity index (χ0v) is 10.9. The van der Waals surface area contributed by atoms with E-state index in [9.17, 15) is 0 Å². The number of halogens is 1. The van der Waals surface area contributed by atoms with Gasteiger partial charge in [0.05, 0.1) is 11.1 Å². The topological polar surface area (TPSA) is 46.2 Å². The molecule has 1 saturated heterocycles. The Morgan fingerprint density at radius 3 is 3.12 bits per heavy atom. The molecule has 92 valence electrons. The van der Waals surface area contributed by atoms with Crippen molar-refractivity contribution in [1.82, 2.24) is 10.3 Å². The lowest BCUT2D eigenvalue weighted by atomic mass is 10.2. The van der Waals surface area contributed by atoms with Gasteiger partial charge in [-0.2, -0.15) is 0 Å². The van der Waals surface area contributed by atoms with Crippen LogP contribution in [0.15, 0.2) is 18.3 Å². The molecule has 0 radical (unpaired) electrons. The Labute approximate surface area is 111 Å². The van der Waals surface area contributed by atoms with Crippen LogP contribution in [0.4, 0.5) is 5.82 Å². The van der Waals surface area contributed by atoms with Crippen molar-refractivity contribution < 1.29 is 4.74 Å². The molecular formula is C11H14ClN3OS. The van der Waals surface area contributed by atoms with E-state index >= 15 is 0 Å². The molecule has 1 unspecified atom stereocenters. The van der Waals surface area contributed by atoms with Gasteiger partial charge >= 0.3 is 0 Å². The predicted molar refractivity (Wildman–Crippen MR) is 72.4 cm³/mol. The number of nitrogens with zero attached hydrogens (tertiary/aromatic N) is 1. The van der Waals surface area contributed by atoms with Gasteiger partial charge in [0.25, 0.3) is 0 Å². The molecule has 0 amide bonds. The Bertz CT molecular complexity index is 379. The van der Waals surface area contributed by atoms with Crippen LogP contribution in [0, 0.1) is 0 Å². The fraction of sp³-hybridized carbons (Fsp3) is 0.455. The fourth-order valence-corrected chi connectivity index (χ4v) is 1.92. The van der Waals surface area contributed by atoms with Crippen molar-refractivity contribution in [2.75, 3.05) is 18.5 Å². The number of hydrogen-bond donors (Lipinski definition) is 2. The zero-order chi connectivity index (χ0) is 12.1. The standard InChI is InChI=1S/C11H14ClN3OS/c12-8-3-4-10(13-6-8)15-11(17)14-7-9-2-1-5-16-9/h3-4,6,9H,1-2,5,7H2,(H2,13,14,15,17). The number of rotatable bonds is 3. The van der Waals surface area contributed by atoms with E-state index in [2.05, 4.69) is 15.6 Å². The first-order valence-electron chi connectivity index (χ1n) is 5.52. The van der Waals surface area contributed by atoms with Gasteiger partial charge in [-0.1, -0.05) is 11.6 Å². The van der Waals surface area contributed by atoms with E-state index in [1.807, 2.05) is 0 Å². The molecule has 1 aromatic rings. The molecule has 1 aromatic heterocycles. The third-order valence-corrected chi connectivity index (χ3v) is 2.95. The van der Waals surface area contributed by atoms with E-state index in [1.165, 1.54) is 0 Å². The molecule has 1 atom stereocenters. The smallest absolute Gasteiger partial charge is 0.172 e. The molecule has 2 heterocycles. The lowest BCUT2D eigenvalue weighted by Gasteiger charge is -2.13. The Morgan fingerprint density at radius 1 is 1.59 bits per heavy atom. The van der Waals surface area contributed by atoms with Gasteiger partial charge in [0, 0.05) is 19.3 Å². The minimum atomic E-state index is 0.271. The molecule has 1 fully saturated rings. The summed E-state index contributed by atoms with van der Waals surface area (Å²) in [7, 11) is 0. The van der Waals surface area contributed by atoms with Crippen LogP contribution < -0.4 is 10.6 Å². The first-order chi connectivity index (χ1) is 8.24. The summed E-state index contributed by atoms with van der Waals surface area (Å²) in [5.74, 6) is 0.680. The Balaban J connectivity index is 1.74. The zero-order valence-electron chi connectivity index (χ0n) is 9.28. The number of nitrogens with one attached hydrogen (secondary N) is 2. The highest BCUT2D eigenvalue weighted by atomic mass is 35.5. The highest BCUT2D eigenvalue weighted by Gasteiger charge is 2.15. The Kier molecular flexibility index (Phi) is 4.53. The van der Waals surface area contributed by atoms with Crippen LogP contribution in [0.5, 0.6) is 0 Å². The first-order valence-corrected chi connectivity index (χ1v) is 6.30. The van der Waals surface area contributed by atoms with Crippen LogP contribution in [0.3, 0.4) is 0 Å². The lowest BCUT2D eigenvalue weighted by molar-refractivity contribution is 0.114. The second kappa shape index (κ2) is 6.14. The van der Waals surface area contributed by atoms with E-state index in [1.54, 1.807) is 18.3 Å². The fourth-order valence-electron chi connectivity index (χ4n) is 1.62. The summed E-state index contributed by atoms with van der Waals surface area (Å²) in [4.78, 5) is 4.10. The monoisotopic (exact) mass is 271 g/mol. The average molecular weight is 272 g/mol. The highest BCUT2D eigenvalue weighted by molar-refractivity contribution is 7.80. The average Bonchev–Trinajstić information content (AvgIpc) is 2.83. The lowest BCUT2D eigenvalue weighted by Crippen LogP contribution is -2.35. The van der Waals surface area contributed by atoms with Crippen molar-refractivity contribution in [2.24, 2.45) is 0 Å². The van der Waals surface area contributed by atoms with Crippen molar-refractivity contribution in [2.45, 2.75) is 18.9 Å². The summed E-state index contributed by atoms with van der Waals surface area (Å²) in [5.41, 5.74) is 0. The first kappa shape index (κ1) is 12.5. The molecule has 0 aliphatic carbocycles. The van der Waals surface area contributed by atoms with Crippen molar-refractivity contribution in [3.63, 3.8) is 0 Å². The summed E-state index contributed by atoms with van der Waals surface area (Å²) in [6, 6.07) is 3.54. The summed E-state index contributed by atoms with van der Waals surface area (Å²) in [6.45, 7) is 1.59. The molecule has 0 saturated carbocycles. The predicted octanol–water partition coefficient (Wildman–Crippen LogP) is 2.20. The van der Waals surface area contributed by atoms with E-state index in [4.69, 9.17) is 28.6 Å². The van der Waals surface area contributed by atoms with Crippen molar-refractivity contribution in [1.29, 1.82) is 0 Å². The molecule has 17 heavy (non-hydrogen) atoms. The normalized spacial score (nSPS) is 19.0. The van der Waals surface area contributed by atoms with Gasteiger partial charge in [-0.25, -0.2) is 4.98 Å². The maximum atomic E-state index is 5.74. The summed E-state index contributed by atoms with van der Waals surface area (Å²) in [6.07, 6.45) is 4.07. The SMILES string of the molecule is S=C(NCC1CCCO1)Nc1ccc(Cl)cn1. The molecule has 2 N–H and O–H groups in total. The molecule has 4 nitrogen and oxygen atoms in total. The Morgan fingerprint density at radius 2 is 2.47 bits per heavy atom. The number of aromatic nitrogens is 1. The molecule has 6 heteroatoms. The van der Waals surface area contributed by atoms with E-state index < -0.39 is 0 Å². The van der Waals surface area contributed by atoms with Crippen LogP contribution in [0.2, 0.25) is 5.02 Å². The molecule has 1 aliphatic heterocycles. The van der Waals surface area contributed by atoms with Crippen LogP contribution in [0.1, 0.15) is 12.8 Å².